The quantitative estimate of drug-likeness (QED) is 0.768. The Morgan fingerprint density at radius 2 is 2.00 bits per heavy atom. The van der Waals surface area contributed by atoms with Crippen LogP contribution in [-0.2, 0) is 4.79 Å². The van der Waals surface area contributed by atoms with Gasteiger partial charge in [-0.15, -0.1) is 24.8 Å². The van der Waals surface area contributed by atoms with Crippen molar-refractivity contribution in [1.82, 2.24) is 5.32 Å². The predicted octanol–water partition coefficient (Wildman–Crippen LogP) is 3.30. The predicted molar refractivity (Wildman–Crippen MR) is 107 cm³/mol. The molecule has 6 heteroatoms. The molecule has 0 heterocycles. The van der Waals surface area contributed by atoms with Crippen LogP contribution in [0.15, 0.2) is 24.3 Å². The van der Waals surface area contributed by atoms with Crippen molar-refractivity contribution < 1.29 is 4.79 Å². The van der Waals surface area contributed by atoms with Gasteiger partial charge in [0.2, 0.25) is 5.91 Å². The molecule has 2 rings (SSSR count). The zero-order valence-corrected chi connectivity index (χ0v) is 16.3. The number of aryl methyl sites for hydroxylation is 1. The number of anilines is 1. The molecular formula is C18H31Cl2N3O. The second kappa shape index (κ2) is 11.6. The van der Waals surface area contributed by atoms with Gasteiger partial charge in [-0.05, 0) is 44.2 Å². The molecule has 1 aromatic carbocycles. The molecule has 1 amide bonds. The molecule has 3 N–H and O–H groups in total. The molecule has 2 atom stereocenters. The number of hydrogen-bond donors (Lipinski definition) is 2. The van der Waals surface area contributed by atoms with Crippen molar-refractivity contribution in [1.29, 1.82) is 0 Å². The zero-order chi connectivity index (χ0) is 15.9. The monoisotopic (exact) mass is 375 g/mol. The van der Waals surface area contributed by atoms with Gasteiger partial charge in [0.15, 0.2) is 0 Å². The van der Waals surface area contributed by atoms with Crippen LogP contribution in [0.5, 0.6) is 0 Å². The Kier molecular flexibility index (Phi) is 11.1. The van der Waals surface area contributed by atoms with Gasteiger partial charge in [-0.1, -0.05) is 24.6 Å². The van der Waals surface area contributed by atoms with E-state index < -0.39 is 0 Å². The van der Waals surface area contributed by atoms with E-state index in [1.165, 1.54) is 11.3 Å². The summed E-state index contributed by atoms with van der Waals surface area (Å²) >= 11 is 0. The van der Waals surface area contributed by atoms with E-state index in [-0.39, 0.29) is 36.8 Å². The Hall–Kier alpha value is -0.970. The summed E-state index contributed by atoms with van der Waals surface area (Å²) in [5, 5.41) is 3.05. The lowest BCUT2D eigenvalue weighted by molar-refractivity contribution is -0.122. The smallest absolute Gasteiger partial charge is 0.220 e. The average Bonchev–Trinajstić information content (AvgIpc) is 2.90. The van der Waals surface area contributed by atoms with E-state index in [4.69, 9.17) is 5.73 Å². The summed E-state index contributed by atoms with van der Waals surface area (Å²) in [5.41, 5.74) is 8.55. The van der Waals surface area contributed by atoms with Crippen LogP contribution < -0.4 is 16.0 Å². The summed E-state index contributed by atoms with van der Waals surface area (Å²) in [4.78, 5) is 14.3. The van der Waals surface area contributed by atoms with Crippen LogP contribution in [-0.4, -0.2) is 31.6 Å². The number of likely N-dealkylation sites (N-methyl/N-ethyl adjacent to an activating group) is 1. The molecular weight excluding hydrogens is 345 g/mol. The molecule has 1 aliphatic carbocycles. The minimum atomic E-state index is 0. The van der Waals surface area contributed by atoms with Gasteiger partial charge >= 0.3 is 0 Å². The molecule has 0 saturated heterocycles. The number of nitrogens with zero attached hydrogens (tertiary/aromatic N) is 1. The highest BCUT2D eigenvalue weighted by Crippen LogP contribution is 2.26. The number of nitrogens with two attached hydrogens (primary N) is 1. The zero-order valence-electron chi connectivity index (χ0n) is 14.7. The third kappa shape index (κ3) is 6.50. The number of para-hydroxylation sites is 1. The van der Waals surface area contributed by atoms with Crippen molar-refractivity contribution in [2.75, 3.05) is 24.5 Å². The third-order valence-electron chi connectivity index (χ3n) is 4.71. The fourth-order valence-corrected chi connectivity index (χ4v) is 3.33. The molecule has 4 nitrogen and oxygen atoms in total. The van der Waals surface area contributed by atoms with Crippen molar-refractivity contribution in [3.8, 4) is 0 Å². The number of halogens is 2. The minimum absolute atomic E-state index is 0. The fraction of sp³-hybridized carbons (Fsp3) is 0.611. The van der Waals surface area contributed by atoms with E-state index in [9.17, 15) is 4.79 Å². The molecule has 1 saturated carbocycles. The van der Waals surface area contributed by atoms with Crippen LogP contribution in [0.1, 0.15) is 38.2 Å². The summed E-state index contributed by atoms with van der Waals surface area (Å²) in [6, 6.07) is 8.59. The number of carbonyl (C=O) groups is 1. The van der Waals surface area contributed by atoms with E-state index in [0.717, 1.165) is 32.4 Å². The second-order valence-corrected chi connectivity index (χ2v) is 6.28. The van der Waals surface area contributed by atoms with Crippen LogP contribution >= 0.6 is 24.8 Å². The number of benzene rings is 1. The maximum atomic E-state index is 12.0. The van der Waals surface area contributed by atoms with Gasteiger partial charge in [0.25, 0.3) is 0 Å². The van der Waals surface area contributed by atoms with Gasteiger partial charge in [0.05, 0.1) is 0 Å². The van der Waals surface area contributed by atoms with E-state index in [1.807, 2.05) is 0 Å². The molecule has 0 radical (unpaired) electrons. The van der Waals surface area contributed by atoms with Crippen LogP contribution in [0, 0.1) is 12.8 Å². The fourth-order valence-electron chi connectivity index (χ4n) is 3.33. The maximum absolute atomic E-state index is 12.0. The molecule has 1 fully saturated rings. The van der Waals surface area contributed by atoms with Crippen molar-refractivity contribution in [3.05, 3.63) is 29.8 Å². The van der Waals surface area contributed by atoms with Gasteiger partial charge < -0.3 is 16.0 Å². The first-order valence-corrected chi connectivity index (χ1v) is 8.44. The largest absolute Gasteiger partial charge is 0.370 e. The maximum Gasteiger partial charge on any atom is 0.220 e. The number of hydrogen-bond acceptors (Lipinski definition) is 3. The van der Waals surface area contributed by atoms with Gasteiger partial charge in [0, 0.05) is 37.8 Å². The lowest BCUT2D eigenvalue weighted by atomic mass is 10.00. The van der Waals surface area contributed by atoms with Gasteiger partial charge in [-0.2, -0.15) is 0 Å². The number of amides is 1. The number of nitrogens with one attached hydrogen (secondary N) is 1. The molecule has 1 aromatic rings. The topological polar surface area (TPSA) is 58.4 Å². The van der Waals surface area contributed by atoms with Gasteiger partial charge in [-0.3, -0.25) is 4.79 Å². The molecule has 138 valence electrons. The van der Waals surface area contributed by atoms with Gasteiger partial charge in [0.1, 0.15) is 0 Å². The lowest BCUT2D eigenvalue weighted by Gasteiger charge is -2.25. The molecule has 0 aromatic heterocycles. The van der Waals surface area contributed by atoms with Crippen LogP contribution in [0.25, 0.3) is 0 Å². The number of carbonyl (C=O) groups excluding carboxylic acids is 1. The summed E-state index contributed by atoms with van der Waals surface area (Å²) < 4.78 is 0. The molecule has 0 spiro atoms. The van der Waals surface area contributed by atoms with Crippen molar-refractivity contribution in [3.63, 3.8) is 0 Å². The number of rotatable bonds is 7. The Morgan fingerprint density at radius 1 is 1.29 bits per heavy atom. The van der Waals surface area contributed by atoms with E-state index in [0.29, 0.717) is 18.9 Å². The highest BCUT2D eigenvalue weighted by molar-refractivity contribution is 5.85. The molecule has 24 heavy (non-hydrogen) atoms. The second-order valence-electron chi connectivity index (χ2n) is 6.28. The Balaban J connectivity index is 0.00000264. The molecule has 0 bridgehead atoms. The highest BCUT2D eigenvalue weighted by atomic mass is 35.5. The minimum Gasteiger partial charge on any atom is -0.370 e. The Bertz CT molecular complexity index is 499. The van der Waals surface area contributed by atoms with Crippen LogP contribution in [0.3, 0.4) is 0 Å². The first kappa shape index (κ1) is 23.0. The average molecular weight is 376 g/mol. The molecule has 0 aliphatic heterocycles. The van der Waals surface area contributed by atoms with Crippen LogP contribution in [0.2, 0.25) is 0 Å². The van der Waals surface area contributed by atoms with Crippen molar-refractivity contribution in [2.24, 2.45) is 11.7 Å². The third-order valence-corrected chi connectivity index (χ3v) is 4.71. The summed E-state index contributed by atoms with van der Waals surface area (Å²) in [6.07, 6.45) is 3.90. The highest BCUT2D eigenvalue weighted by Gasteiger charge is 2.25. The standard InChI is InChI=1S/C18H29N3O.2ClH/c1-3-21(17-10-5-4-7-14(17)2)12-11-20-18(22)13-15-8-6-9-16(15)19;;/h4-5,7,10,15-16H,3,6,8-9,11-13,19H2,1-2H3,(H,20,22);2*1H/t15-,16+;;/m0../s1. The van der Waals surface area contributed by atoms with E-state index in [1.54, 1.807) is 0 Å². The Labute approximate surface area is 158 Å². The Morgan fingerprint density at radius 3 is 2.58 bits per heavy atom. The normalized spacial score (nSPS) is 19.1. The molecule has 1 aliphatic rings. The first-order valence-electron chi connectivity index (χ1n) is 8.44. The summed E-state index contributed by atoms with van der Waals surface area (Å²) in [7, 11) is 0. The van der Waals surface area contributed by atoms with E-state index in [2.05, 4.69) is 48.3 Å². The van der Waals surface area contributed by atoms with Crippen LogP contribution in [0.4, 0.5) is 5.69 Å². The SMILES string of the molecule is CCN(CCNC(=O)C[C@@H]1CCC[C@H]1N)c1ccccc1C.Cl.Cl. The van der Waals surface area contributed by atoms with E-state index >= 15 is 0 Å². The summed E-state index contributed by atoms with van der Waals surface area (Å²) in [5.74, 6) is 0.516. The first-order chi connectivity index (χ1) is 10.6. The van der Waals surface area contributed by atoms with Crippen molar-refractivity contribution >= 4 is 36.4 Å². The summed E-state index contributed by atoms with van der Waals surface area (Å²) in [6.45, 7) is 6.73. The molecule has 0 unspecified atom stereocenters. The lowest BCUT2D eigenvalue weighted by Crippen LogP contribution is -2.37. The van der Waals surface area contributed by atoms with Crippen molar-refractivity contribution in [2.45, 2.75) is 45.6 Å². The van der Waals surface area contributed by atoms with Gasteiger partial charge in [-0.25, -0.2) is 0 Å².